The van der Waals surface area contributed by atoms with E-state index in [1.807, 2.05) is 0 Å². The Bertz CT molecular complexity index is 563. The van der Waals surface area contributed by atoms with Gasteiger partial charge in [-0.3, -0.25) is 0 Å². The highest BCUT2D eigenvalue weighted by Gasteiger charge is 2.35. The summed E-state index contributed by atoms with van der Waals surface area (Å²) in [6, 6.07) is 7.64. The standard InChI is InChI=1S/C12H10BrF3N2O/c1-2-19-11-7-10(12(14,15)16)17-18(11)9-5-3-8(13)4-6-9/h3-7H,2H2,1H3. The average molecular weight is 335 g/mol. The Morgan fingerprint density at radius 3 is 2.42 bits per heavy atom. The predicted molar refractivity (Wildman–Crippen MR) is 67.4 cm³/mol. The Morgan fingerprint density at radius 1 is 1.26 bits per heavy atom. The second-order valence-corrected chi connectivity index (χ2v) is 4.60. The lowest BCUT2D eigenvalue weighted by Gasteiger charge is -2.07. The molecule has 0 atom stereocenters. The van der Waals surface area contributed by atoms with Crippen LogP contribution in [0.4, 0.5) is 13.2 Å². The van der Waals surface area contributed by atoms with Crippen molar-refractivity contribution < 1.29 is 17.9 Å². The number of nitrogens with zero attached hydrogens (tertiary/aromatic N) is 2. The fraction of sp³-hybridized carbons (Fsp3) is 0.250. The molecule has 0 N–H and O–H groups in total. The van der Waals surface area contributed by atoms with E-state index < -0.39 is 11.9 Å². The van der Waals surface area contributed by atoms with Gasteiger partial charge >= 0.3 is 6.18 Å². The minimum atomic E-state index is -4.49. The first kappa shape index (κ1) is 13.9. The van der Waals surface area contributed by atoms with Gasteiger partial charge in [-0.05, 0) is 31.2 Å². The molecule has 1 heterocycles. The highest BCUT2D eigenvalue weighted by atomic mass is 79.9. The van der Waals surface area contributed by atoms with Gasteiger partial charge in [-0.25, -0.2) is 4.68 Å². The molecule has 0 aliphatic heterocycles. The van der Waals surface area contributed by atoms with Crippen molar-refractivity contribution in [3.05, 3.63) is 40.5 Å². The summed E-state index contributed by atoms with van der Waals surface area (Å²) in [6.07, 6.45) is -4.49. The molecule has 0 saturated heterocycles. The maximum Gasteiger partial charge on any atom is 0.435 e. The monoisotopic (exact) mass is 334 g/mol. The zero-order valence-corrected chi connectivity index (χ0v) is 11.5. The zero-order chi connectivity index (χ0) is 14.0. The van der Waals surface area contributed by atoms with E-state index in [1.54, 1.807) is 31.2 Å². The summed E-state index contributed by atoms with van der Waals surface area (Å²) in [4.78, 5) is 0. The molecule has 0 spiro atoms. The summed E-state index contributed by atoms with van der Waals surface area (Å²) in [5.74, 6) is 0.0668. The third-order valence-corrected chi connectivity index (χ3v) is 2.86. The topological polar surface area (TPSA) is 27.1 Å². The van der Waals surface area contributed by atoms with E-state index >= 15 is 0 Å². The summed E-state index contributed by atoms with van der Waals surface area (Å²) < 4.78 is 45.1. The second-order valence-electron chi connectivity index (χ2n) is 3.69. The largest absolute Gasteiger partial charge is 0.478 e. The van der Waals surface area contributed by atoms with Crippen LogP contribution in [-0.2, 0) is 6.18 Å². The normalized spacial score (nSPS) is 11.6. The lowest BCUT2D eigenvalue weighted by molar-refractivity contribution is -0.141. The van der Waals surface area contributed by atoms with Crippen LogP contribution >= 0.6 is 15.9 Å². The SMILES string of the molecule is CCOc1cc(C(F)(F)F)nn1-c1ccc(Br)cc1. The second kappa shape index (κ2) is 5.24. The molecule has 2 rings (SSSR count). The smallest absolute Gasteiger partial charge is 0.435 e. The summed E-state index contributed by atoms with van der Waals surface area (Å²) in [6.45, 7) is 1.96. The number of benzene rings is 1. The molecule has 0 saturated carbocycles. The number of halogens is 4. The highest BCUT2D eigenvalue weighted by Crippen LogP contribution is 2.32. The summed E-state index contributed by atoms with van der Waals surface area (Å²) in [5.41, 5.74) is -0.471. The summed E-state index contributed by atoms with van der Waals surface area (Å²) in [7, 11) is 0. The molecule has 7 heteroatoms. The molecule has 102 valence electrons. The molecule has 1 aromatic carbocycles. The number of ether oxygens (including phenoxy) is 1. The summed E-state index contributed by atoms with van der Waals surface area (Å²) >= 11 is 3.26. The molecule has 3 nitrogen and oxygen atoms in total. The Balaban J connectivity index is 2.48. The van der Waals surface area contributed by atoms with Crippen LogP contribution in [-0.4, -0.2) is 16.4 Å². The average Bonchev–Trinajstić information content (AvgIpc) is 2.74. The van der Waals surface area contributed by atoms with Crippen LogP contribution in [0.3, 0.4) is 0 Å². The van der Waals surface area contributed by atoms with Gasteiger partial charge in [-0.2, -0.15) is 18.3 Å². The Hall–Kier alpha value is -1.50. The van der Waals surface area contributed by atoms with E-state index in [1.165, 1.54) is 0 Å². The lowest BCUT2D eigenvalue weighted by Crippen LogP contribution is -2.07. The maximum atomic E-state index is 12.7. The number of rotatable bonds is 3. The van der Waals surface area contributed by atoms with Gasteiger partial charge in [0.1, 0.15) is 0 Å². The van der Waals surface area contributed by atoms with Gasteiger partial charge in [-0.1, -0.05) is 15.9 Å². The van der Waals surface area contributed by atoms with E-state index in [2.05, 4.69) is 21.0 Å². The van der Waals surface area contributed by atoms with E-state index in [9.17, 15) is 13.2 Å². The first-order chi connectivity index (χ1) is 8.91. The first-order valence-corrected chi connectivity index (χ1v) is 6.27. The fourth-order valence-corrected chi connectivity index (χ4v) is 1.78. The highest BCUT2D eigenvalue weighted by molar-refractivity contribution is 9.10. The third-order valence-electron chi connectivity index (χ3n) is 2.33. The maximum absolute atomic E-state index is 12.7. The molecule has 0 radical (unpaired) electrons. The van der Waals surface area contributed by atoms with Crippen LogP contribution in [0.5, 0.6) is 5.88 Å². The first-order valence-electron chi connectivity index (χ1n) is 5.48. The van der Waals surface area contributed by atoms with Crippen LogP contribution in [0.25, 0.3) is 5.69 Å². The minimum Gasteiger partial charge on any atom is -0.478 e. The molecule has 0 bridgehead atoms. The Kier molecular flexibility index (Phi) is 3.84. The van der Waals surface area contributed by atoms with Crippen molar-refractivity contribution >= 4 is 15.9 Å². The van der Waals surface area contributed by atoms with E-state index in [0.717, 1.165) is 15.2 Å². The van der Waals surface area contributed by atoms with Gasteiger partial charge in [0, 0.05) is 10.5 Å². The lowest BCUT2D eigenvalue weighted by atomic mass is 10.3. The summed E-state index contributed by atoms with van der Waals surface area (Å²) in [5, 5.41) is 3.55. The van der Waals surface area contributed by atoms with Crippen LogP contribution in [0.15, 0.2) is 34.8 Å². The fourth-order valence-electron chi connectivity index (χ4n) is 1.52. The third kappa shape index (κ3) is 3.09. The van der Waals surface area contributed by atoms with Gasteiger partial charge in [0.15, 0.2) is 5.69 Å². The van der Waals surface area contributed by atoms with Crippen LogP contribution in [0, 0.1) is 0 Å². The molecule has 0 unspecified atom stereocenters. The predicted octanol–water partition coefficient (Wildman–Crippen LogP) is 4.05. The van der Waals surface area contributed by atoms with E-state index in [-0.39, 0.29) is 12.5 Å². The van der Waals surface area contributed by atoms with Crippen LogP contribution < -0.4 is 4.74 Å². The molecule has 0 amide bonds. The van der Waals surface area contributed by atoms with Gasteiger partial charge in [0.25, 0.3) is 0 Å². The Labute approximate surface area is 116 Å². The van der Waals surface area contributed by atoms with Gasteiger partial charge in [0.2, 0.25) is 5.88 Å². The van der Waals surface area contributed by atoms with Gasteiger partial charge < -0.3 is 4.74 Å². The van der Waals surface area contributed by atoms with Gasteiger partial charge in [0.05, 0.1) is 12.3 Å². The quantitative estimate of drug-likeness (QED) is 0.846. The molecule has 0 aliphatic carbocycles. The van der Waals surface area contributed by atoms with E-state index in [0.29, 0.717) is 5.69 Å². The molecule has 1 aromatic heterocycles. The molecular weight excluding hydrogens is 325 g/mol. The van der Waals surface area contributed by atoms with Crippen molar-refractivity contribution in [2.75, 3.05) is 6.61 Å². The molecule has 0 aliphatic rings. The van der Waals surface area contributed by atoms with Crippen LogP contribution in [0.1, 0.15) is 12.6 Å². The molecular formula is C12H10BrF3N2O. The zero-order valence-electron chi connectivity index (χ0n) is 9.91. The number of hydrogen-bond acceptors (Lipinski definition) is 2. The van der Waals surface area contributed by atoms with Crippen molar-refractivity contribution in [1.82, 2.24) is 9.78 Å². The minimum absolute atomic E-state index is 0.0668. The molecule has 19 heavy (non-hydrogen) atoms. The van der Waals surface area contributed by atoms with Crippen molar-refractivity contribution in [1.29, 1.82) is 0 Å². The van der Waals surface area contributed by atoms with Crippen molar-refractivity contribution in [3.63, 3.8) is 0 Å². The number of aromatic nitrogens is 2. The molecule has 2 aromatic rings. The Morgan fingerprint density at radius 2 is 1.89 bits per heavy atom. The van der Waals surface area contributed by atoms with Crippen molar-refractivity contribution in [3.8, 4) is 11.6 Å². The number of hydrogen-bond donors (Lipinski definition) is 0. The van der Waals surface area contributed by atoms with E-state index in [4.69, 9.17) is 4.74 Å². The van der Waals surface area contributed by atoms with Crippen molar-refractivity contribution in [2.45, 2.75) is 13.1 Å². The molecule has 0 fully saturated rings. The number of alkyl halides is 3. The van der Waals surface area contributed by atoms with Crippen molar-refractivity contribution in [2.24, 2.45) is 0 Å². The van der Waals surface area contributed by atoms with Gasteiger partial charge in [-0.15, -0.1) is 0 Å². The van der Waals surface area contributed by atoms with Crippen LogP contribution in [0.2, 0.25) is 0 Å².